The van der Waals surface area contributed by atoms with Gasteiger partial charge in [0.25, 0.3) is 5.91 Å². The van der Waals surface area contributed by atoms with Gasteiger partial charge in [0, 0.05) is 38.9 Å². The van der Waals surface area contributed by atoms with Gasteiger partial charge in [-0.1, -0.05) is 26.0 Å². The Bertz CT molecular complexity index is 1170. The number of ether oxygens (including phenoxy) is 1. The molecule has 1 aliphatic rings. The first kappa shape index (κ1) is 25.4. The Labute approximate surface area is 196 Å². The van der Waals surface area contributed by atoms with Crippen molar-refractivity contribution in [2.45, 2.75) is 29.6 Å². The maximum atomic E-state index is 13.0. The molecule has 0 aromatic heterocycles. The maximum Gasteiger partial charge on any atom is 0.253 e. The van der Waals surface area contributed by atoms with Gasteiger partial charge in [0.15, 0.2) is 9.84 Å². The zero-order valence-electron chi connectivity index (χ0n) is 19.1. The van der Waals surface area contributed by atoms with E-state index < -0.39 is 19.9 Å². The summed E-state index contributed by atoms with van der Waals surface area (Å²) in [7, 11) is -5.66. The molecule has 10 heteroatoms. The van der Waals surface area contributed by atoms with Gasteiger partial charge in [-0.25, -0.2) is 16.8 Å². The van der Waals surface area contributed by atoms with Crippen LogP contribution in [0.5, 0.6) is 0 Å². The van der Waals surface area contributed by atoms with Crippen LogP contribution in [0.25, 0.3) is 0 Å². The van der Waals surface area contributed by atoms with Crippen LogP contribution in [-0.4, -0.2) is 77.6 Å². The third-order valence-corrected chi connectivity index (χ3v) is 9.33. The van der Waals surface area contributed by atoms with Gasteiger partial charge < -0.3 is 9.64 Å². The fraction of sp³-hybridized carbons (Fsp3) is 0.435. The van der Waals surface area contributed by atoms with E-state index in [1.54, 1.807) is 17.0 Å². The summed E-state index contributed by atoms with van der Waals surface area (Å²) in [5.41, 5.74) is 1.43. The van der Waals surface area contributed by atoms with Gasteiger partial charge in [-0.3, -0.25) is 4.79 Å². The molecule has 8 nitrogen and oxygen atoms in total. The van der Waals surface area contributed by atoms with E-state index in [-0.39, 0.29) is 54.2 Å². The molecule has 180 valence electrons. The maximum absolute atomic E-state index is 13.0. The fourth-order valence-corrected chi connectivity index (χ4v) is 6.20. The van der Waals surface area contributed by atoms with E-state index in [9.17, 15) is 21.6 Å². The average molecular weight is 495 g/mol. The summed E-state index contributed by atoms with van der Waals surface area (Å²) in [5.74, 6) is -0.0713. The number of benzene rings is 2. The van der Waals surface area contributed by atoms with Gasteiger partial charge in [0.05, 0.1) is 22.2 Å². The van der Waals surface area contributed by atoms with Crippen molar-refractivity contribution in [3.63, 3.8) is 0 Å². The summed E-state index contributed by atoms with van der Waals surface area (Å²) >= 11 is 0. The lowest BCUT2D eigenvalue weighted by atomic mass is 10.0. The van der Waals surface area contributed by atoms with Crippen molar-refractivity contribution in [1.29, 1.82) is 0 Å². The van der Waals surface area contributed by atoms with Gasteiger partial charge in [0.1, 0.15) is 0 Å². The van der Waals surface area contributed by atoms with E-state index in [1.807, 2.05) is 26.0 Å². The number of piperazine rings is 1. The second kappa shape index (κ2) is 10.3. The van der Waals surface area contributed by atoms with Crippen LogP contribution in [0.4, 0.5) is 0 Å². The standard InChI is InChI=1S/C23H30N2O6S2/c1-18(2)19-4-10-22(11-5-19)33(29,30)25-14-12-24(13-15-25)23(26)20-6-8-21(9-7-20)32(27,28)17-16-31-3/h4-11,18H,12-17H2,1-3H3. The summed E-state index contributed by atoms with van der Waals surface area (Å²) in [4.78, 5) is 14.8. The highest BCUT2D eigenvalue weighted by Gasteiger charge is 2.30. The molecule has 1 aliphatic heterocycles. The Morgan fingerprint density at radius 2 is 1.42 bits per heavy atom. The Morgan fingerprint density at radius 3 is 1.94 bits per heavy atom. The highest BCUT2D eigenvalue weighted by Crippen LogP contribution is 2.22. The van der Waals surface area contributed by atoms with Gasteiger partial charge in [-0.15, -0.1) is 0 Å². The Hall–Kier alpha value is -2.27. The highest BCUT2D eigenvalue weighted by atomic mass is 32.2. The lowest BCUT2D eigenvalue weighted by Gasteiger charge is -2.34. The van der Waals surface area contributed by atoms with E-state index in [1.165, 1.54) is 35.7 Å². The summed E-state index contributed by atoms with van der Waals surface area (Å²) < 4.78 is 56.7. The lowest BCUT2D eigenvalue weighted by Crippen LogP contribution is -2.50. The van der Waals surface area contributed by atoms with Crippen molar-refractivity contribution < 1.29 is 26.4 Å². The summed E-state index contributed by atoms with van der Waals surface area (Å²) in [6.07, 6.45) is 0. The first-order valence-electron chi connectivity index (χ1n) is 10.8. The summed E-state index contributed by atoms with van der Waals surface area (Å²) in [6.45, 7) is 5.11. The van der Waals surface area contributed by atoms with Crippen molar-refractivity contribution in [2.24, 2.45) is 0 Å². The van der Waals surface area contributed by atoms with E-state index in [0.29, 0.717) is 11.5 Å². The predicted octanol–water partition coefficient (Wildman–Crippen LogP) is 2.38. The largest absolute Gasteiger partial charge is 0.384 e. The van der Waals surface area contributed by atoms with Gasteiger partial charge in [0.2, 0.25) is 10.0 Å². The number of sulfonamides is 1. The van der Waals surface area contributed by atoms with Crippen LogP contribution in [0.15, 0.2) is 58.3 Å². The number of amides is 1. The van der Waals surface area contributed by atoms with E-state index >= 15 is 0 Å². The van der Waals surface area contributed by atoms with Crippen molar-refractivity contribution in [3.05, 3.63) is 59.7 Å². The molecule has 1 saturated heterocycles. The molecule has 0 saturated carbocycles. The minimum absolute atomic E-state index is 0.0953. The molecule has 0 N–H and O–H groups in total. The Balaban J connectivity index is 1.64. The Kier molecular flexibility index (Phi) is 7.94. The number of rotatable bonds is 8. The van der Waals surface area contributed by atoms with Crippen LogP contribution < -0.4 is 0 Å². The molecular formula is C23H30N2O6S2. The molecule has 0 atom stereocenters. The van der Waals surface area contributed by atoms with Crippen LogP contribution in [0.3, 0.4) is 0 Å². The first-order valence-corrected chi connectivity index (χ1v) is 13.9. The zero-order chi connectivity index (χ0) is 24.2. The van der Waals surface area contributed by atoms with Crippen LogP contribution in [-0.2, 0) is 24.6 Å². The second-order valence-electron chi connectivity index (χ2n) is 8.26. The van der Waals surface area contributed by atoms with Crippen LogP contribution in [0.2, 0.25) is 0 Å². The normalized spacial score (nSPS) is 15.7. The number of carbonyl (C=O) groups is 1. The van der Waals surface area contributed by atoms with Gasteiger partial charge >= 0.3 is 0 Å². The molecule has 3 rings (SSSR count). The number of carbonyl (C=O) groups excluding carboxylic acids is 1. The molecule has 1 fully saturated rings. The third-order valence-electron chi connectivity index (χ3n) is 5.73. The van der Waals surface area contributed by atoms with Crippen LogP contribution in [0.1, 0.15) is 35.7 Å². The second-order valence-corrected chi connectivity index (χ2v) is 12.3. The number of methoxy groups -OCH3 is 1. The van der Waals surface area contributed by atoms with Crippen molar-refractivity contribution >= 4 is 25.8 Å². The number of hydrogen-bond acceptors (Lipinski definition) is 6. The molecule has 33 heavy (non-hydrogen) atoms. The number of sulfone groups is 1. The molecule has 1 amide bonds. The molecule has 0 spiro atoms. The first-order chi connectivity index (χ1) is 15.6. The van der Waals surface area contributed by atoms with E-state index in [0.717, 1.165) is 5.56 Å². The van der Waals surface area contributed by atoms with Crippen molar-refractivity contribution in [3.8, 4) is 0 Å². The van der Waals surface area contributed by atoms with E-state index in [4.69, 9.17) is 4.74 Å². The van der Waals surface area contributed by atoms with Crippen molar-refractivity contribution in [1.82, 2.24) is 9.21 Å². The topological polar surface area (TPSA) is 101 Å². The molecule has 2 aromatic carbocycles. The molecule has 1 heterocycles. The number of nitrogens with zero attached hydrogens (tertiary/aromatic N) is 2. The summed E-state index contributed by atoms with van der Waals surface area (Å²) in [5, 5.41) is 0. The Morgan fingerprint density at radius 1 is 0.879 bits per heavy atom. The van der Waals surface area contributed by atoms with Gasteiger partial charge in [-0.2, -0.15) is 4.31 Å². The quantitative estimate of drug-likeness (QED) is 0.559. The zero-order valence-corrected chi connectivity index (χ0v) is 20.7. The molecule has 0 radical (unpaired) electrons. The number of hydrogen-bond donors (Lipinski definition) is 0. The van der Waals surface area contributed by atoms with Crippen molar-refractivity contribution in [2.75, 3.05) is 45.6 Å². The minimum atomic E-state index is -3.63. The third kappa shape index (κ3) is 5.81. The SMILES string of the molecule is COCCS(=O)(=O)c1ccc(C(=O)N2CCN(S(=O)(=O)c3ccc(C(C)C)cc3)CC2)cc1. The molecular weight excluding hydrogens is 464 g/mol. The average Bonchev–Trinajstić information content (AvgIpc) is 2.82. The fourth-order valence-electron chi connectivity index (χ4n) is 3.60. The van der Waals surface area contributed by atoms with Crippen LogP contribution >= 0.6 is 0 Å². The monoisotopic (exact) mass is 494 g/mol. The minimum Gasteiger partial charge on any atom is -0.384 e. The van der Waals surface area contributed by atoms with E-state index in [2.05, 4.69) is 0 Å². The summed E-state index contributed by atoms with van der Waals surface area (Å²) in [6, 6.07) is 12.7. The van der Waals surface area contributed by atoms with Crippen LogP contribution in [0, 0.1) is 0 Å². The molecule has 0 aliphatic carbocycles. The lowest BCUT2D eigenvalue weighted by molar-refractivity contribution is 0.0698. The molecule has 0 unspecified atom stereocenters. The highest BCUT2D eigenvalue weighted by molar-refractivity contribution is 7.91. The van der Waals surface area contributed by atoms with Gasteiger partial charge in [-0.05, 0) is 47.9 Å². The molecule has 0 bridgehead atoms. The molecule has 2 aromatic rings. The smallest absolute Gasteiger partial charge is 0.253 e. The predicted molar refractivity (Wildman–Crippen MR) is 126 cm³/mol.